The molecule has 0 spiro atoms. The number of esters is 2. The number of ether oxygens (including phenoxy) is 2. The van der Waals surface area contributed by atoms with Gasteiger partial charge in [0.1, 0.15) is 0 Å². The van der Waals surface area contributed by atoms with E-state index in [0.717, 1.165) is 44.9 Å². The van der Waals surface area contributed by atoms with Crippen molar-refractivity contribution >= 4 is 35.1 Å². The maximum Gasteiger partial charge on any atom is 0.305 e. The van der Waals surface area contributed by atoms with Crippen LogP contribution in [0.4, 0.5) is 0 Å². The van der Waals surface area contributed by atoms with Crippen LogP contribution in [-0.4, -0.2) is 36.9 Å². The minimum Gasteiger partial charge on any atom is -0.466 e. The molecule has 0 N–H and O–H groups in total. The summed E-state index contributed by atoms with van der Waals surface area (Å²) in [5, 5.41) is 0. The van der Waals surface area contributed by atoms with Gasteiger partial charge in [-0.05, 0) is 44.9 Å². The highest BCUT2D eigenvalue weighted by molar-refractivity contribution is 6.18. The van der Waals surface area contributed by atoms with Crippen molar-refractivity contribution in [1.82, 2.24) is 0 Å². The highest BCUT2D eigenvalue weighted by Gasteiger charge is 2.03. The van der Waals surface area contributed by atoms with Crippen molar-refractivity contribution in [3.05, 3.63) is 0 Å². The van der Waals surface area contributed by atoms with Crippen molar-refractivity contribution in [1.29, 1.82) is 0 Å². The van der Waals surface area contributed by atoms with Gasteiger partial charge in [0.15, 0.2) is 0 Å². The second-order valence-corrected chi connectivity index (χ2v) is 5.55. The predicted octanol–water partition coefficient (Wildman–Crippen LogP) is 4.06. The van der Waals surface area contributed by atoms with E-state index in [2.05, 4.69) is 0 Å². The van der Waals surface area contributed by atoms with E-state index in [1.807, 2.05) is 0 Å². The number of unbranched alkanes of at least 4 members (excludes halogenated alkanes) is 4. The largest absolute Gasteiger partial charge is 0.466 e. The molecule has 0 atom stereocenters. The van der Waals surface area contributed by atoms with E-state index in [4.69, 9.17) is 32.7 Å². The van der Waals surface area contributed by atoms with Gasteiger partial charge in [-0.1, -0.05) is 0 Å². The summed E-state index contributed by atoms with van der Waals surface area (Å²) in [6, 6.07) is 0. The minimum absolute atomic E-state index is 0.161. The summed E-state index contributed by atoms with van der Waals surface area (Å²) in [5.74, 6) is 0.840. The Bertz CT molecular complexity index is 246. The molecule has 0 unspecified atom stereocenters. The first kappa shape index (κ1) is 20.5. The summed E-state index contributed by atoms with van der Waals surface area (Å²) in [6.07, 6.45) is 6.59. The van der Waals surface area contributed by atoms with Crippen LogP contribution in [0.1, 0.15) is 57.8 Å². The molecule has 0 saturated carbocycles. The van der Waals surface area contributed by atoms with Crippen LogP contribution in [-0.2, 0) is 19.1 Å². The molecule has 0 bridgehead atoms. The van der Waals surface area contributed by atoms with E-state index in [1.54, 1.807) is 0 Å². The number of alkyl halides is 2. The Balaban J connectivity index is 3.24. The Kier molecular flexibility index (Phi) is 15.5. The van der Waals surface area contributed by atoms with E-state index in [9.17, 15) is 9.59 Å². The molecule has 0 aliphatic carbocycles. The molecule has 0 radical (unpaired) electrons. The van der Waals surface area contributed by atoms with Crippen LogP contribution in [0.3, 0.4) is 0 Å². The first-order valence-electron chi connectivity index (χ1n) is 7.64. The number of hydrogen-bond donors (Lipinski definition) is 0. The Labute approximate surface area is 137 Å². The van der Waals surface area contributed by atoms with Crippen LogP contribution in [0.5, 0.6) is 0 Å². The van der Waals surface area contributed by atoms with Gasteiger partial charge < -0.3 is 9.47 Å². The number of rotatable bonds is 14. The van der Waals surface area contributed by atoms with Gasteiger partial charge in [0.25, 0.3) is 0 Å². The number of carbonyl (C=O) groups is 2. The fourth-order valence-electron chi connectivity index (χ4n) is 1.62. The summed E-state index contributed by atoms with van der Waals surface area (Å²) in [6.45, 7) is 0.868. The summed E-state index contributed by atoms with van der Waals surface area (Å²) in [5.41, 5.74) is 0. The van der Waals surface area contributed by atoms with Crippen LogP contribution in [0, 0.1) is 0 Å². The first-order valence-corrected chi connectivity index (χ1v) is 8.70. The lowest BCUT2D eigenvalue weighted by Gasteiger charge is -2.06. The van der Waals surface area contributed by atoms with Crippen molar-refractivity contribution in [2.75, 3.05) is 25.0 Å². The zero-order chi connectivity index (χ0) is 15.8. The molecule has 4 nitrogen and oxygen atoms in total. The van der Waals surface area contributed by atoms with Gasteiger partial charge in [-0.3, -0.25) is 9.59 Å². The molecule has 0 aliphatic rings. The van der Waals surface area contributed by atoms with Crippen molar-refractivity contribution in [2.45, 2.75) is 57.8 Å². The molecule has 0 aromatic carbocycles. The smallest absolute Gasteiger partial charge is 0.305 e. The molecule has 0 fully saturated rings. The average molecular weight is 341 g/mol. The second-order valence-electron chi connectivity index (χ2n) is 4.79. The SMILES string of the molecule is O=C(CCCCCl)OCCCCCOC(=O)CCCCCl. The van der Waals surface area contributed by atoms with E-state index in [1.165, 1.54) is 0 Å². The second kappa shape index (κ2) is 15.9. The summed E-state index contributed by atoms with van der Waals surface area (Å²) in [4.78, 5) is 22.6. The van der Waals surface area contributed by atoms with Crippen molar-refractivity contribution < 1.29 is 19.1 Å². The third kappa shape index (κ3) is 15.7. The molecule has 6 heteroatoms. The standard InChI is InChI=1S/C15H26Cl2O4/c16-10-4-2-8-14(18)20-12-6-1-7-13-21-15(19)9-3-5-11-17/h1-13H2. The number of halogens is 2. The predicted molar refractivity (Wildman–Crippen MR) is 84.9 cm³/mol. The zero-order valence-electron chi connectivity index (χ0n) is 12.6. The summed E-state index contributed by atoms with van der Waals surface area (Å²) in [7, 11) is 0. The lowest BCUT2D eigenvalue weighted by molar-refractivity contribution is -0.144. The average Bonchev–Trinajstić information content (AvgIpc) is 2.47. The third-order valence-electron chi connectivity index (χ3n) is 2.84. The van der Waals surface area contributed by atoms with Gasteiger partial charge in [-0.15, -0.1) is 23.2 Å². The normalized spacial score (nSPS) is 10.4. The fourth-order valence-corrected chi connectivity index (χ4v) is 2.00. The molecule has 0 aliphatic heterocycles. The molecule has 0 aromatic rings. The molecule has 0 rings (SSSR count). The third-order valence-corrected chi connectivity index (χ3v) is 3.38. The van der Waals surface area contributed by atoms with Crippen LogP contribution >= 0.6 is 23.2 Å². The monoisotopic (exact) mass is 340 g/mol. The molecule has 0 heterocycles. The quantitative estimate of drug-likeness (QED) is 0.272. The topological polar surface area (TPSA) is 52.6 Å². The zero-order valence-corrected chi connectivity index (χ0v) is 14.1. The highest BCUT2D eigenvalue weighted by atomic mass is 35.5. The Morgan fingerprint density at radius 2 is 1.05 bits per heavy atom. The Hall–Kier alpha value is -0.480. The maximum atomic E-state index is 11.3. The van der Waals surface area contributed by atoms with Crippen molar-refractivity contribution in [3.8, 4) is 0 Å². The van der Waals surface area contributed by atoms with Gasteiger partial charge in [0.2, 0.25) is 0 Å². The van der Waals surface area contributed by atoms with Gasteiger partial charge in [-0.2, -0.15) is 0 Å². The number of hydrogen-bond acceptors (Lipinski definition) is 4. The lowest BCUT2D eigenvalue weighted by atomic mass is 10.2. The van der Waals surface area contributed by atoms with E-state index in [-0.39, 0.29) is 11.9 Å². The van der Waals surface area contributed by atoms with Gasteiger partial charge in [0.05, 0.1) is 13.2 Å². The molecule has 0 aromatic heterocycles. The minimum atomic E-state index is -0.161. The van der Waals surface area contributed by atoms with Crippen molar-refractivity contribution in [3.63, 3.8) is 0 Å². The molecule has 0 saturated heterocycles. The van der Waals surface area contributed by atoms with Gasteiger partial charge in [0, 0.05) is 24.6 Å². The van der Waals surface area contributed by atoms with E-state index in [0.29, 0.717) is 37.8 Å². The van der Waals surface area contributed by atoms with E-state index < -0.39 is 0 Å². The molecule has 0 amide bonds. The lowest BCUT2D eigenvalue weighted by Crippen LogP contribution is -2.07. The highest BCUT2D eigenvalue weighted by Crippen LogP contribution is 2.03. The van der Waals surface area contributed by atoms with Crippen LogP contribution < -0.4 is 0 Å². The van der Waals surface area contributed by atoms with Crippen LogP contribution in [0.2, 0.25) is 0 Å². The van der Waals surface area contributed by atoms with Crippen LogP contribution in [0.15, 0.2) is 0 Å². The molecular formula is C15H26Cl2O4. The van der Waals surface area contributed by atoms with Crippen molar-refractivity contribution in [2.24, 2.45) is 0 Å². The Morgan fingerprint density at radius 3 is 1.43 bits per heavy atom. The fraction of sp³-hybridized carbons (Fsp3) is 0.867. The van der Waals surface area contributed by atoms with Gasteiger partial charge >= 0.3 is 11.9 Å². The van der Waals surface area contributed by atoms with Crippen LogP contribution in [0.25, 0.3) is 0 Å². The number of carbonyl (C=O) groups excluding carboxylic acids is 2. The summed E-state index contributed by atoms with van der Waals surface area (Å²) < 4.78 is 10.2. The molecule has 21 heavy (non-hydrogen) atoms. The van der Waals surface area contributed by atoms with E-state index >= 15 is 0 Å². The molecule has 124 valence electrons. The molecular weight excluding hydrogens is 315 g/mol. The maximum absolute atomic E-state index is 11.3. The summed E-state index contributed by atoms with van der Waals surface area (Å²) >= 11 is 11.0. The van der Waals surface area contributed by atoms with Gasteiger partial charge in [-0.25, -0.2) is 0 Å². The first-order chi connectivity index (χ1) is 10.2. The Morgan fingerprint density at radius 1 is 0.619 bits per heavy atom.